The Balaban J connectivity index is 1.82. The maximum atomic E-state index is 5.90. The van der Waals surface area contributed by atoms with Crippen LogP contribution >= 0.6 is 0 Å². The van der Waals surface area contributed by atoms with Crippen molar-refractivity contribution in [2.45, 2.75) is 26.4 Å². The Kier molecular flexibility index (Phi) is 3.92. The van der Waals surface area contributed by atoms with Crippen molar-refractivity contribution in [1.29, 1.82) is 0 Å². The summed E-state index contributed by atoms with van der Waals surface area (Å²) in [6.45, 7) is 5.05. The van der Waals surface area contributed by atoms with Gasteiger partial charge in [0.25, 0.3) is 0 Å². The van der Waals surface area contributed by atoms with Gasteiger partial charge in [-0.15, -0.1) is 0 Å². The molecular formula is C20H20O. The Morgan fingerprint density at radius 2 is 1.57 bits per heavy atom. The average Bonchev–Trinajstić information content (AvgIpc) is 2.53. The molecule has 21 heavy (non-hydrogen) atoms. The van der Waals surface area contributed by atoms with E-state index in [1.165, 1.54) is 21.9 Å². The molecule has 0 saturated carbocycles. The van der Waals surface area contributed by atoms with Gasteiger partial charge in [-0.1, -0.05) is 68.4 Å². The first kappa shape index (κ1) is 13.7. The molecule has 3 aromatic carbocycles. The number of hydrogen-bond acceptors (Lipinski definition) is 1. The summed E-state index contributed by atoms with van der Waals surface area (Å²) in [5.74, 6) is 1.47. The van der Waals surface area contributed by atoms with Gasteiger partial charge in [0.2, 0.25) is 0 Å². The van der Waals surface area contributed by atoms with Crippen LogP contribution in [0.15, 0.2) is 66.7 Å². The lowest BCUT2D eigenvalue weighted by Crippen LogP contribution is -1.95. The highest BCUT2D eigenvalue weighted by atomic mass is 16.5. The van der Waals surface area contributed by atoms with E-state index in [1.807, 2.05) is 24.3 Å². The minimum absolute atomic E-state index is 0.545. The van der Waals surface area contributed by atoms with E-state index in [2.05, 4.69) is 56.3 Å². The number of ether oxygens (including phenoxy) is 1. The Morgan fingerprint density at radius 3 is 2.33 bits per heavy atom. The van der Waals surface area contributed by atoms with Crippen LogP contribution in [0.3, 0.4) is 0 Å². The van der Waals surface area contributed by atoms with Crippen molar-refractivity contribution in [3.05, 3.63) is 77.9 Å². The molecule has 106 valence electrons. The number of fused-ring (bicyclic) bond motifs is 1. The van der Waals surface area contributed by atoms with Gasteiger partial charge in [-0.25, -0.2) is 0 Å². The molecule has 0 saturated heterocycles. The van der Waals surface area contributed by atoms with Crippen LogP contribution in [0.2, 0.25) is 0 Å². The third-order valence-electron chi connectivity index (χ3n) is 3.75. The lowest BCUT2D eigenvalue weighted by Gasteiger charge is -2.10. The predicted octanol–water partition coefficient (Wildman–Crippen LogP) is 5.54. The van der Waals surface area contributed by atoms with E-state index in [1.54, 1.807) is 0 Å². The van der Waals surface area contributed by atoms with Crippen molar-refractivity contribution in [1.82, 2.24) is 0 Å². The molecule has 3 rings (SSSR count). The molecule has 1 nitrogen and oxygen atoms in total. The topological polar surface area (TPSA) is 9.23 Å². The van der Waals surface area contributed by atoms with Crippen LogP contribution in [0, 0.1) is 0 Å². The second-order valence-electron chi connectivity index (χ2n) is 5.70. The maximum Gasteiger partial charge on any atom is 0.120 e. The average molecular weight is 276 g/mol. The van der Waals surface area contributed by atoms with Gasteiger partial charge in [0, 0.05) is 0 Å². The first-order valence-corrected chi connectivity index (χ1v) is 7.43. The van der Waals surface area contributed by atoms with Crippen LogP contribution in [0.1, 0.15) is 30.9 Å². The Labute approximate surface area is 126 Å². The van der Waals surface area contributed by atoms with Crippen LogP contribution in [-0.4, -0.2) is 0 Å². The molecule has 0 heterocycles. The highest BCUT2D eigenvalue weighted by Crippen LogP contribution is 2.25. The van der Waals surface area contributed by atoms with Gasteiger partial charge in [-0.2, -0.15) is 0 Å². The summed E-state index contributed by atoms with van der Waals surface area (Å²) in [7, 11) is 0. The minimum atomic E-state index is 0.545. The number of hydrogen-bond donors (Lipinski definition) is 0. The Hall–Kier alpha value is -2.28. The maximum absolute atomic E-state index is 5.90. The second-order valence-corrected chi connectivity index (χ2v) is 5.70. The highest BCUT2D eigenvalue weighted by Gasteiger charge is 2.02. The van der Waals surface area contributed by atoms with Gasteiger partial charge in [-0.3, -0.25) is 0 Å². The molecule has 0 aliphatic carbocycles. The van der Waals surface area contributed by atoms with E-state index in [4.69, 9.17) is 4.74 Å². The van der Waals surface area contributed by atoms with Gasteiger partial charge in [0.1, 0.15) is 12.4 Å². The molecule has 0 fully saturated rings. The normalized spacial score (nSPS) is 11.0. The first-order valence-electron chi connectivity index (χ1n) is 7.43. The molecule has 0 aromatic heterocycles. The van der Waals surface area contributed by atoms with Crippen molar-refractivity contribution in [2.24, 2.45) is 0 Å². The van der Waals surface area contributed by atoms with Crippen molar-refractivity contribution in [2.75, 3.05) is 0 Å². The zero-order valence-electron chi connectivity index (χ0n) is 12.5. The lowest BCUT2D eigenvalue weighted by molar-refractivity contribution is 0.306. The van der Waals surface area contributed by atoms with Crippen molar-refractivity contribution < 1.29 is 4.74 Å². The van der Waals surface area contributed by atoms with Gasteiger partial charge in [0.15, 0.2) is 0 Å². The Bertz CT molecular complexity index is 729. The SMILES string of the molecule is CC(C)c1ccc2ccc(OCc3ccccc3)cc2c1. The van der Waals surface area contributed by atoms with Crippen LogP contribution < -0.4 is 4.74 Å². The van der Waals surface area contributed by atoms with E-state index in [0.717, 1.165) is 5.75 Å². The highest BCUT2D eigenvalue weighted by molar-refractivity contribution is 5.84. The third kappa shape index (κ3) is 3.25. The van der Waals surface area contributed by atoms with Gasteiger partial charge >= 0.3 is 0 Å². The molecule has 0 amide bonds. The first-order chi connectivity index (χ1) is 10.2. The standard InChI is InChI=1S/C20H20O/c1-15(2)18-9-8-17-10-11-20(13-19(17)12-18)21-14-16-6-4-3-5-7-16/h3-13,15H,14H2,1-2H3. The molecule has 0 unspecified atom stereocenters. The zero-order chi connectivity index (χ0) is 14.7. The smallest absolute Gasteiger partial charge is 0.120 e. The molecule has 0 spiro atoms. The summed E-state index contributed by atoms with van der Waals surface area (Å²) in [5, 5.41) is 2.50. The van der Waals surface area contributed by atoms with E-state index in [0.29, 0.717) is 12.5 Å². The lowest BCUT2D eigenvalue weighted by atomic mass is 9.99. The summed E-state index contributed by atoms with van der Waals surface area (Å²) in [6, 6.07) is 23.2. The molecule has 0 N–H and O–H groups in total. The van der Waals surface area contributed by atoms with Crippen LogP contribution in [0.5, 0.6) is 5.75 Å². The number of rotatable bonds is 4. The molecule has 0 atom stereocenters. The summed E-state index contributed by atoms with van der Waals surface area (Å²) >= 11 is 0. The van der Waals surface area contributed by atoms with Gasteiger partial charge in [-0.05, 0) is 39.9 Å². The van der Waals surface area contributed by atoms with E-state index < -0.39 is 0 Å². The fourth-order valence-corrected chi connectivity index (χ4v) is 2.43. The minimum Gasteiger partial charge on any atom is -0.489 e. The molecule has 0 aliphatic heterocycles. The van der Waals surface area contributed by atoms with Crippen molar-refractivity contribution >= 4 is 10.8 Å². The summed E-state index contributed by atoms with van der Waals surface area (Å²) < 4.78 is 5.90. The second kappa shape index (κ2) is 6.01. The van der Waals surface area contributed by atoms with Gasteiger partial charge in [0.05, 0.1) is 0 Å². The van der Waals surface area contributed by atoms with E-state index in [-0.39, 0.29) is 0 Å². The molecule has 0 bridgehead atoms. The predicted molar refractivity (Wildman–Crippen MR) is 88.8 cm³/mol. The third-order valence-corrected chi connectivity index (χ3v) is 3.75. The van der Waals surface area contributed by atoms with Crippen LogP contribution in [0.4, 0.5) is 0 Å². The van der Waals surface area contributed by atoms with Crippen molar-refractivity contribution in [3.63, 3.8) is 0 Å². The fourth-order valence-electron chi connectivity index (χ4n) is 2.43. The molecule has 0 radical (unpaired) electrons. The van der Waals surface area contributed by atoms with E-state index >= 15 is 0 Å². The van der Waals surface area contributed by atoms with Crippen molar-refractivity contribution in [3.8, 4) is 5.75 Å². The summed E-state index contributed by atoms with van der Waals surface area (Å²) in [5.41, 5.74) is 2.55. The van der Waals surface area contributed by atoms with Crippen LogP contribution in [0.25, 0.3) is 10.8 Å². The molecular weight excluding hydrogens is 256 g/mol. The molecule has 1 heteroatoms. The molecule has 0 aliphatic rings. The quantitative estimate of drug-likeness (QED) is 0.607. The summed E-state index contributed by atoms with van der Waals surface area (Å²) in [4.78, 5) is 0. The molecule has 3 aromatic rings. The van der Waals surface area contributed by atoms with E-state index in [9.17, 15) is 0 Å². The summed E-state index contributed by atoms with van der Waals surface area (Å²) in [6.07, 6.45) is 0. The Morgan fingerprint density at radius 1 is 0.810 bits per heavy atom. The van der Waals surface area contributed by atoms with Crippen LogP contribution in [-0.2, 0) is 6.61 Å². The fraction of sp³-hybridized carbons (Fsp3) is 0.200. The number of benzene rings is 3. The zero-order valence-corrected chi connectivity index (χ0v) is 12.5. The monoisotopic (exact) mass is 276 g/mol. The largest absolute Gasteiger partial charge is 0.489 e. The van der Waals surface area contributed by atoms with Gasteiger partial charge < -0.3 is 4.74 Å².